The van der Waals surface area contributed by atoms with Crippen molar-refractivity contribution in [3.63, 3.8) is 0 Å². The molecule has 0 aromatic heterocycles. The van der Waals surface area contributed by atoms with Crippen LogP contribution in [0.25, 0.3) is 0 Å². The first-order valence-corrected chi connectivity index (χ1v) is 11.4. The van der Waals surface area contributed by atoms with E-state index in [0.29, 0.717) is 11.8 Å². The second kappa shape index (κ2) is 9.99. The van der Waals surface area contributed by atoms with Crippen LogP contribution in [0.5, 0.6) is 0 Å². The highest BCUT2D eigenvalue weighted by molar-refractivity contribution is 7.89. The molecule has 1 amide bonds. The molecule has 1 aliphatic rings. The highest BCUT2D eigenvalue weighted by Gasteiger charge is 2.34. The van der Waals surface area contributed by atoms with Gasteiger partial charge in [-0.25, -0.2) is 8.42 Å². The number of oxime groups is 1. The summed E-state index contributed by atoms with van der Waals surface area (Å²) in [6, 6.07) is 3.75. The van der Waals surface area contributed by atoms with Gasteiger partial charge >= 0.3 is 6.18 Å². The van der Waals surface area contributed by atoms with E-state index in [2.05, 4.69) is 5.16 Å². The minimum Gasteiger partial charge on any atom is -0.386 e. The summed E-state index contributed by atoms with van der Waals surface area (Å²) in [4.78, 5) is 18.7. The summed E-state index contributed by atoms with van der Waals surface area (Å²) >= 11 is 0. The molecule has 0 saturated carbocycles. The summed E-state index contributed by atoms with van der Waals surface area (Å²) in [5.74, 6) is -0.195. The third kappa shape index (κ3) is 6.42. The number of carbonyl (C=O) groups excluding carboxylic acids is 1. The Morgan fingerprint density at radius 2 is 1.74 bits per heavy atom. The summed E-state index contributed by atoms with van der Waals surface area (Å²) in [7, 11) is -4.06. The summed E-state index contributed by atoms with van der Waals surface area (Å²) in [5, 5.41) is 3.96. The topological polar surface area (TPSA) is 79.3 Å². The van der Waals surface area contributed by atoms with Crippen LogP contribution in [0.15, 0.2) is 34.3 Å². The molecular weight excluding hydrogens is 435 g/mol. The zero-order valence-electron chi connectivity index (χ0n) is 18.0. The van der Waals surface area contributed by atoms with Crippen molar-refractivity contribution in [3.8, 4) is 0 Å². The van der Waals surface area contributed by atoms with Gasteiger partial charge in [0.2, 0.25) is 10.0 Å². The van der Waals surface area contributed by atoms with Gasteiger partial charge in [0.15, 0.2) is 6.61 Å². The van der Waals surface area contributed by atoms with Crippen LogP contribution in [0, 0.1) is 0 Å². The van der Waals surface area contributed by atoms with Crippen molar-refractivity contribution in [2.24, 2.45) is 5.16 Å². The molecule has 1 aliphatic heterocycles. The number of rotatable bonds is 7. The Morgan fingerprint density at radius 1 is 1.16 bits per heavy atom. The standard InChI is InChI=1S/C20H28F3N3O4S/c1-14(2)26(15(3)4)19(27)13-30-24-17-8-10-25(11-9-17)31(28,29)18-7-5-6-16(12-18)20(21,22)23/h5-7,12,14-15H,8-11,13H2,1-4H3. The molecule has 0 bridgehead atoms. The molecule has 0 aliphatic carbocycles. The lowest BCUT2D eigenvalue weighted by molar-refractivity contribution is -0.140. The molecule has 1 aromatic rings. The molecule has 0 atom stereocenters. The lowest BCUT2D eigenvalue weighted by atomic mass is 10.1. The Kier molecular flexibility index (Phi) is 8.09. The third-order valence-electron chi connectivity index (χ3n) is 4.88. The van der Waals surface area contributed by atoms with Crippen molar-refractivity contribution in [3.05, 3.63) is 29.8 Å². The van der Waals surface area contributed by atoms with Crippen molar-refractivity contribution in [1.29, 1.82) is 0 Å². The zero-order valence-corrected chi connectivity index (χ0v) is 18.8. The number of piperidine rings is 1. The fourth-order valence-corrected chi connectivity index (χ4v) is 4.97. The van der Waals surface area contributed by atoms with Crippen LogP contribution in [-0.2, 0) is 25.8 Å². The number of halogens is 3. The average molecular weight is 464 g/mol. The van der Waals surface area contributed by atoms with Crippen LogP contribution in [0.3, 0.4) is 0 Å². The first-order chi connectivity index (χ1) is 14.3. The lowest BCUT2D eigenvalue weighted by Crippen LogP contribution is -2.43. The summed E-state index contributed by atoms with van der Waals surface area (Å²) in [6.07, 6.45) is -4.09. The maximum atomic E-state index is 12.9. The van der Waals surface area contributed by atoms with E-state index in [0.717, 1.165) is 22.5 Å². The maximum absolute atomic E-state index is 12.9. The van der Waals surface area contributed by atoms with Crippen LogP contribution in [0.1, 0.15) is 46.1 Å². The number of amides is 1. The van der Waals surface area contributed by atoms with E-state index in [1.54, 1.807) is 4.90 Å². The summed E-state index contributed by atoms with van der Waals surface area (Å²) in [6.45, 7) is 7.55. The molecule has 174 valence electrons. The number of hydrogen-bond acceptors (Lipinski definition) is 5. The zero-order chi connectivity index (χ0) is 23.4. The van der Waals surface area contributed by atoms with Crippen LogP contribution >= 0.6 is 0 Å². The number of sulfonamides is 1. The predicted molar refractivity (Wildman–Crippen MR) is 110 cm³/mol. The van der Waals surface area contributed by atoms with Crippen molar-refractivity contribution in [1.82, 2.24) is 9.21 Å². The fraction of sp³-hybridized carbons (Fsp3) is 0.600. The maximum Gasteiger partial charge on any atom is 0.416 e. The van der Waals surface area contributed by atoms with E-state index < -0.39 is 26.7 Å². The SMILES string of the molecule is CC(C)N(C(=O)CON=C1CCN(S(=O)(=O)c2cccc(C(F)(F)F)c2)CC1)C(C)C. The van der Waals surface area contributed by atoms with Gasteiger partial charge in [-0.05, 0) is 45.9 Å². The van der Waals surface area contributed by atoms with Gasteiger partial charge in [0.25, 0.3) is 5.91 Å². The summed E-state index contributed by atoms with van der Waals surface area (Å²) < 4.78 is 65.3. The molecule has 2 rings (SSSR count). The highest BCUT2D eigenvalue weighted by Crippen LogP contribution is 2.31. The minimum absolute atomic E-state index is 0.0213. The van der Waals surface area contributed by atoms with E-state index in [1.807, 2.05) is 27.7 Å². The summed E-state index contributed by atoms with van der Waals surface area (Å²) in [5.41, 5.74) is -0.410. The number of carbonyl (C=O) groups is 1. The van der Waals surface area contributed by atoms with E-state index in [4.69, 9.17) is 4.84 Å². The number of hydrogen-bond donors (Lipinski definition) is 0. The monoisotopic (exact) mass is 463 g/mol. The highest BCUT2D eigenvalue weighted by atomic mass is 32.2. The van der Waals surface area contributed by atoms with Crippen molar-refractivity contribution < 1.29 is 31.2 Å². The third-order valence-corrected chi connectivity index (χ3v) is 6.78. The average Bonchev–Trinajstić information content (AvgIpc) is 2.67. The molecule has 0 spiro atoms. The van der Waals surface area contributed by atoms with Crippen LogP contribution in [0.4, 0.5) is 13.2 Å². The van der Waals surface area contributed by atoms with Crippen LogP contribution in [0.2, 0.25) is 0 Å². The number of alkyl halides is 3. The van der Waals surface area contributed by atoms with Gasteiger partial charge < -0.3 is 9.74 Å². The first-order valence-electron chi connectivity index (χ1n) is 10.00. The van der Waals surface area contributed by atoms with Gasteiger partial charge in [0, 0.05) is 38.0 Å². The molecule has 0 radical (unpaired) electrons. The molecular formula is C20H28F3N3O4S. The molecule has 0 unspecified atom stereocenters. The molecule has 1 saturated heterocycles. The molecule has 0 N–H and O–H groups in total. The Labute approximate surface area is 180 Å². The second-order valence-electron chi connectivity index (χ2n) is 7.85. The van der Waals surface area contributed by atoms with Crippen LogP contribution < -0.4 is 0 Å². The number of nitrogens with zero attached hydrogens (tertiary/aromatic N) is 3. The van der Waals surface area contributed by atoms with E-state index in [9.17, 15) is 26.4 Å². The Bertz CT molecular complexity index is 896. The lowest BCUT2D eigenvalue weighted by Gasteiger charge is -2.30. The predicted octanol–water partition coefficient (Wildman–Crippen LogP) is 3.51. The Balaban J connectivity index is 1.97. The quantitative estimate of drug-likeness (QED) is 0.580. The fourth-order valence-electron chi connectivity index (χ4n) is 3.48. The van der Waals surface area contributed by atoms with Crippen LogP contribution in [-0.4, -0.2) is 61.0 Å². The van der Waals surface area contributed by atoms with Gasteiger partial charge in [-0.2, -0.15) is 17.5 Å². The number of benzene rings is 1. The van der Waals surface area contributed by atoms with Crippen molar-refractivity contribution in [2.45, 2.75) is 63.7 Å². The van der Waals surface area contributed by atoms with Gasteiger partial charge in [-0.1, -0.05) is 11.2 Å². The van der Waals surface area contributed by atoms with Crippen molar-refractivity contribution in [2.75, 3.05) is 19.7 Å². The molecule has 1 aromatic carbocycles. The first kappa shape index (κ1) is 25.1. The minimum atomic E-state index is -4.62. The Hall–Kier alpha value is -2.14. The smallest absolute Gasteiger partial charge is 0.386 e. The van der Waals surface area contributed by atoms with E-state index >= 15 is 0 Å². The Morgan fingerprint density at radius 3 is 2.26 bits per heavy atom. The molecule has 1 heterocycles. The second-order valence-corrected chi connectivity index (χ2v) is 9.79. The molecule has 11 heteroatoms. The van der Waals surface area contributed by atoms with Gasteiger partial charge in [0.1, 0.15) is 0 Å². The van der Waals surface area contributed by atoms with Gasteiger partial charge in [-0.15, -0.1) is 0 Å². The van der Waals surface area contributed by atoms with E-state index in [1.165, 1.54) is 0 Å². The molecule has 7 nitrogen and oxygen atoms in total. The van der Waals surface area contributed by atoms with E-state index in [-0.39, 0.29) is 50.5 Å². The largest absolute Gasteiger partial charge is 0.416 e. The van der Waals surface area contributed by atoms with Crippen molar-refractivity contribution >= 4 is 21.6 Å². The molecule has 1 fully saturated rings. The van der Waals surface area contributed by atoms with Gasteiger partial charge in [-0.3, -0.25) is 4.79 Å². The molecule has 31 heavy (non-hydrogen) atoms. The normalized spacial score (nSPS) is 16.0. The van der Waals surface area contributed by atoms with Gasteiger partial charge in [0.05, 0.1) is 16.2 Å².